The van der Waals surface area contributed by atoms with Gasteiger partial charge in [-0.25, -0.2) is 14.8 Å². The number of amides is 4. The van der Waals surface area contributed by atoms with Crippen LogP contribution in [0.25, 0.3) is 0 Å². The highest BCUT2D eigenvalue weighted by Crippen LogP contribution is 2.31. The number of benzene rings is 2. The fourth-order valence-electron chi connectivity index (χ4n) is 4.88. The normalized spacial score (nSPS) is 20.0. The summed E-state index contributed by atoms with van der Waals surface area (Å²) in [7, 11) is 0. The molecule has 2 aromatic carbocycles. The Kier molecular flexibility index (Phi) is 5.73. The largest absolute Gasteiger partial charge is 0.342 e. The molecular formula is C24H25BrN4O3. The molecule has 3 heterocycles. The first kappa shape index (κ1) is 21.2. The lowest BCUT2D eigenvalue weighted by Crippen LogP contribution is -2.56. The Balaban J connectivity index is 1.21. The summed E-state index contributed by atoms with van der Waals surface area (Å²) in [5.41, 5.74) is 4.14. The molecule has 0 unspecified atom stereocenters. The molecule has 0 aliphatic carbocycles. The number of carbonyl (C=O) groups excluding carboxylic acids is 3. The quantitative estimate of drug-likeness (QED) is 0.701. The van der Waals surface area contributed by atoms with Crippen molar-refractivity contribution in [3.05, 3.63) is 69.2 Å². The second kappa shape index (κ2) is 8.67. The minimum Gasteiger partial charge on any atom is -0.299 e. The number of rotatable bonds is 4. The molecule has 0 bridgehead atoms. The van der Waals surface area contributed by atoms with Crippen LogP contribution in [-0.2, 0) is 17.9 Å². The second-order valence-electron chi connectivity index (χ2n) is 8.69. The molecule has 166 valence electrons. The molecule has 8 heteroatoms. The Morgan fingerprint density at radius 1 is 0.969 bits per heavy atom. The average Bonchev–Trinajstić information content (AvgIpc) is 3.10. The molecule has 5 rings (SSSR count). The number of nitrogens with one attached hydrogen (secondary N) is 1. The molecule has 2 fully saturated rings. The number of halogens is 1. The van der Waals surface area contributed by atoms with E-state index in [0.29, 0.717) is 18.0 Å². The van der Waals surface area contributed by atoms with Gasteiger partial charge in [0.15, 0.2) is 0 Å². The third kappa shape index (κ3) is 4.17. The van der Waals surface area contributed by atoms with E-state index in [9.17, 15) is 14.4 Å². The molecule has 0 spiro atoms. The van der Waals surface area contributed by atoms with E-state index in [4.69, 9.17) is 0 Å². The van der Waals surface area contributed by atoms with E-state index < -0.39 is 6.03 Å². The first-order valence-electron chi connectivity index (χ1n) is 11.0. The van der Waals surface area contributed by atoms with Crippen molar-refractivity contribution in [2.45, 2.75) is 38.3 Å². The molecule has 32 heavy (non-hydrogen) atoms. The Morgan fingerprint density at radius 2 is 1.78 bits per heavy atom. The van der Waals surface area contributed by atoms with Gasteiger partial charge in [0.25, 0.3) is 5.91 Å². The molecule has 7 nitrogen and oxygen atoms in total. The summed E-state index contributed by atoms with van der Waals surface area (Å²) in [4.78, 5) is 38.9. The third-order valence-electron chi connectivity index (χ3n) is 6.59. The average molecular weight is 497 g/mol. The maximum atomic E-state index is 12.8. The summed E-state index contributed by atoms with van der Waals surface area (Å²) in [6.45, 7) is 3.52. The SMILES string of the molecule is O=C1CCN(N2Cc3cc(CN4CCC(c5cccc(Br)c5)CC4)ccc3C2=O)C(=O)N1. The summed E-state index contributed by atoms with van der Waals surface area (Å²) >= 11 is 3.57. The van der Waals surface area contributed by atoms with Gasteiger partial charge in [-0.2, -0.15) is 0 Å². The van der Waals surface area contributed by atoms with Crippen molar-refractivity contribution < 1.29 is 14.4 Å². The van der Waals surface area contributed by atoms with Crippen molar-refractivity contribution in [1.29, 1.82) is 0 Å². The highest BCUT2D eigenvalue weighted by molar-refractivity contribution is 9.10. The molecule has 2 saturated heterocycles. The predicted molar refractivity (Wildman–Crippen MR) is 123 cm³/mol. The predicted octanol–water partition coefficient (Wildman–Crippen LogP) is 3.64. The van der Waals surface area contributed by atoms with E-state index in [1.807, 2.05) is 12.1 Å². The number of hydrogen-bond acceptors (Lipinski definition) is 4. The highest BCUT2D eigenvalue weighted by atomic mass is 79.9. The van der Waals surface area contributed by atoms with Gasteiger partial charge in [0.05, 0.1) is 13.1 Å². The topological polar surface area (TPSA) is 73.0 Å². The lowest BCUT2D eigenvalue weighted by Gasteiger charge is -2.33. The van der Waals surface area contributed by atoms with Crippen molar-refractivity contribution in [1.82, 2.24) is 20.2 Å². The lowest BCUT2D eigenvalue weighted by atomic mass is 9.89. The summed E-state index contributed by atoms with van der Waals surface area (Å²) < 4.78 is 1.13. The number of carbonyl (C=O) groups is 3. The molecular weight excluding hydrogens is 472 g/mol. The van der Waals surface area contributed by atoms with E-state index in [1.54, 1.807) is 0 Å². The Hall–Kier alpha value is -2.71. The van der Waals surface area contributed by atoms with Crippen LogP contribution in [0.15, 0.2) is 46.9 Å². The van der Waals surface area contributed by atoms with E-state index in [2.05, 4.69) is 56.5 Å². The molecule has 2 aromatic rings. The third-order valence-corrected chi connectivity index (χ3v) is 7.08. The zero-order chi connectivity index (χ0) is 22.2. The minimum absolute atomic E-state index is 0.189. The summed E-state index contributed by atoms with van der Waals surface area (Å²) in [5, 5.41) is 5.07. The van der Waals surface area contributed by atoms with Crippen molar-refractivity contribution in [3.63, 3.8) is 0 Å². The monoisotopic (exact) mass is 496 g/mol. The van der Waals surface area contributed by atoms with Gasteiger partial charge in [0.2, 0.25) is 5.91 Å². The van der Waals surface area contributed by atoms with Crippen LogP contribution >= 0.6 is 15.9 Å². The van der Waals surface area contributed by atoms with Gasteiger partial charge in [0.1, 0.15) is 0 Å². The lowest BCUT2D eigenvalue weighted by molar-refractivity contribution is -0.123. The van der Waals surface area contributed by atoms with Gasteiger partial charge in [-0.05, 0) is 66.7 Å². The Morgan fingerprint density at radius 3 is 2.53 bits per heavy atom. The van der Waals surface area contributed by atoms with Gasteiger partial charge in [0, 0.05) is 23.0 Å². The van der Waals surface area contributed by atoms with E-state index in [-0.39, 0.29) is 24.8 Å². The molecule has 0 aromatic heterocycles. The number of imide groups is 1. The zero-order valence-electron chi connectivity index (χ0n) is 17.7. The molecule has 3 aliphatic rings. The zero-order valence-corrected chi connectivity index (χ0v) is 19.3. The maximum Gasteiger partial charge on any atom is 0.342 e. The van der Waals surface area contributed by atoms with Crippen LogP contribution in [-0.4, -0.2) is 52.4 Å². The fourth-order valence-corrected chi connectivity index (χ4v) is 5.30. The van der Waals surface area contributed by atoms with Gasteiger partial charge in [-0.15, -0.1) is 0 Å². The van der Waals surface area contributed by atoms with Gasteiger partial charge in [-0.3, -0.25) is 19.8 Å². The van der Waals surface area contributed by atoms with E-state index in [1.165, 1.54) is 21.1 Å². The Bertz CT molecular complexity index is 1080. The second-order valence-corrected chi connectivity index (χ2v) is 9.60. The van der Waals surface area contributed by atoms with Crippen molar-refractivity contribution in [2.24, 2.45) is 0 Å². The van der Waals surface area contributed by atoms with Crippen LogP contribution in [0.3, 0.4) is 0 Å². The number of fused-ring (bicyclic) bond motifs is 1. The van der Waals surface area contributed by atoms with Crippen LogP contribution in [0.2, 0.25) is 0 Å². The van der Waals surface area contributed by atoms with Crippen LogP contribution in [0, 0.1) is 0 Å². The van der Waals surface area contributed by atoms with Crippen LogP contribution in [0.5, 0.6) is 0 Å². The molecule has 4 amide bonds. The van der Waals surface area contributed by atoms with Crippen molar-refractivity contribution in [3.8, 4) is 0 Å². The van der Waals surface area contributed by atoms with Gasteiger partial charge < -0.3 is 0 Å². The van der Waals surface area contributed by atoms with Crippen molar-refractivity contribution in [2.75, 3.05) is 19.6 Å². The highest BCUT2D eigenvalue weighted by Gasteiger charge is 2.37. The van der Waals surface area contributed by atoms with Gasteiger partial charge >= 0.3 is 6.03 Å². The number of piperidine rings is 1. The van der Waals surface area contributed by atoms with E-state index in [0.717, 1.165) is 42.5 Å². The number of hydrazine groups is 1. The van der Waals surface area contributed by atoms with Crippen LogP contribution in [0.4, 0.5) is 4.79 Å². The van der Waals surface area contributed by atoms with Gasteiger partial charge in [-0.1, -0.05) is 40.2 Å². The molecule has 0 radical (unpaired) electrons. The number of nitrogens with zero attached hydrogens (tertiary/aromatic N) is 3. The van der Waals surface area contributed by atoms with Crippen LogP contribution in [0.1, 0.15) is 52.2 Å². The fraction of sp³-hybridized carbons (Fsp3) is 0.375. The summed E-state index contributed by atoms with van der Waals surface area (Å²) in [5.74, 6) is 0.102. The number of urea groups is 1. The smallest absolute Gasteiger partial charge is 0.299 e. The Labute approximate surface area is 195 Å². The summed E-state index contributed by atoms with van der Waals surface area (Å²) in [6.07, 6.45) is 2.47. The van der Waals surface area contributed by atoms with E-state index >= 15 is 0 Å². The minimum atomic E-state index is -0.532. The molecule has 0 saturated carbocycles. The molecule has 1 N–H and O–H groups in total. The standard InChI is InChI=1S/C24H25BrN4O3/c25-20-3-1-2-18(13-20)17-6-9-27(10-7-17)14-16-4-5-21-19(12-16)15-29(23(21)31)28-11-8-22(30)26-24(28)32/h1-5,12-13,17H,6-11,14-15H2,(H,26,30,32). The number of hydrogen-bond donors (Lipinski definition) is 1. The molecule has 0 atom stereocenters. The number of likely N-dealkylation sites (tertiary alicyclic amines) is 1. The maximum absolute atomic E-state index is 12.8. The summed E-state index contributed by atoms with van der Waals surface area (Å²) in [6, 6.07) is 14.0. The molecule has 3 aliphatic heterocycles. The first-order chi connectivity index (χ1) is 15.5. The first-order valence-corrected chi connectivity index (χ1v) is 11.8. The van der Waals surface area contributed by atoms with Crippen molar-refractivity contribution >= 4 is 33.8 Å². The van der Waals surface area contributed by atoms with Crippen LogP contribution < -0.4 is 5.32 Å².